The molecule has 2 nitrogen and oxygen atoms in total. The van der Waals surface area contributed by atoms with Crippen molar-refractivity contribution in [1.29, 1.82) is 0 Å². The van der Waals surface area contributed by atoms with Crippen molar-refractivity contribution < 1.29 is 4.79 Å². The van der Waals surface area contributed by atoms with Gasteiger partial charge in [0.1, 0.15) is 0 Å². The maximum atomic E-state index is 11.9. The molecule has 1 aromatic rings. The van der Waals surface area contributed by atoms with Gasteiger partial charge in [-0.2, -0.15) is 0 Å². The van der Waals surface area contributed by atoms with Gasteiger partial charge >= 0.3 is 0 Å². The molecule has 0 N–H and O–H groups in total. The standard InChI is InChI=1S/C15H21NOS/c1-12(2)11-15(17)13-5-7-14(8-6-13)18-16-9-3-4-10-16/h5-8,12H,3-4,9-11H2,1-2H3. The molecule has 3 heteroatoms. The van der Waals surface area contributed by atoms with Gasteiger partial charge in [-0.05, 0) is 42.8 Å². The van der Waals surface area contributed by atoms with E-state index < -0.39 is 0 Å². The van der Waals surface area contributed by atoms with Crippen molar-refractivity contribution in [3.63, 3.8) is 0 Å². The molecule has 0 saturated carbocycles. The molecule has 0 aliphatic carbocycles. The lowest BCUT2D eigenvalue weighted by molar-refractivity contribution is 0.0968. The molecule has 2 rings (SSSR count). The highest BCUT2D eigenvalue weighted by atomic mass is 32.2. The second-order valence-electron chi connectivity index (χ2n) is 5.27. The Bertz CT molecular complexity index is 393. The highest BCUT2D eigenvalue weighted by molar-refractivity contribution is 7.97. The smallest absolute Gasteiger partial charge is 0.163 e. The Hall–Kier alpha value is -0.800. The molecule has 0 aromatic heterocycles. The lowest BCUT2D eigenvalue weighted by atomic mass is 10.0. The first kappa shape index (κ1) is 13.6. The van der Waals surface area contributed by atoms with E-state index >= 15 is 0 Å². The number of ketones is 1. The molecular formula is C15H21NOS. The minimum absolute atomic E-state index is 0.253. The van der Waals surface area contributed by atoms with E-state index in [-0.39, 0.29) is 5.78 Å². The fraction of sp³-hybridized carbons (Fsp3) is 0.533. The quantitative estimate of drug-likeness (QED) is 0.591. The van der Waals surface area contributed by atoms with E-state index in [1.54, 1.807) is 0 Å². The van der Waals surface area contributed by atoms with E-state index in [1.807, 2.05) is 24.1 Å². The second-order valence-corrected chi connectivity index (χ2v) is 6.44. The Labute approximate surface area is 114 Å². The van der Waals surface area contributed by atoms with Gasteiger partial charge in [0.2, 0.25) is 0 Å². The van der Waals surface area contributed by atoms with Crippen molar-refractivity contribution >= 4 is 17.7 Å². The maximum Gasteiger partial charge on any atom is 0.163 e. The molecule has 1 aliphatic rings. The second kappa shape index (κ2) is 6.39. The first-order valence-corrected chi connectivity index (χ1v) is 7.48. The first-order valence-electron chi connectivity index (χ1n) is 6.71. The van der Waals surface area contributed by atoms with Gasteiger partial charge in [0.05, 0.1) is 0 Å². The third-order valence-corrected chi connectivity index (χ3v) is 4.18. The molecule has 0 bridgehead atoms. The third-order valence-electron chi connectivity index (χ3n) is 3.07. The van der Waals surface area contributed by atoms with E-state index in [9.17, 15) is 4.79 Å². The zero-order valence-corrected chi connectivity index (χ0v) is 12.0. The van der Waals surface area contributed by atoms with Crippen molar-refractivity contribution in [3.05, 3.63) is 29.8 Å². The van der Waals surface area contributed by atoms with Crippen molar-refractivity contribution in [2.75, 3.05) is 13.1 Å². The molecule has 1 saturated heterocycles. The Morgan fingerprint density at radius 3 is 2.39 bits per heavy atom. The summed E-state index contributed by atoms with van der Waals surface area (Å²) in [7, 11) is 0. The summed E-state index contributed by atoms with van der Waals surface area (Å²) in [5.41, 5.74) is 0.842. The highest BCUT2D eigenvalue weighted by Crippen LogP contribution is 2.26. The monoisotopic (exact) mass is 263 g/mol. The average Bonchev–Trinajstić information content (AvgIpc) is 2.82. The van der Waals surface area contributed by atoms with Crippen molar-refractivity contribution in [2.24, 2.45) is 5.92 Å². The van der Waals surface area contributed by atoms with E-state index in [0.717, 1.165) is 5.56 Å². The average molecular weight is 263 g/mol. The number of carbonyl (C=O) groups excluding carboxylic acids is 1. The molecule has 0 amide bonds. The van der Waals surface area contributed by atoms with Gasteiger partial charge in [-0.1, -0.05) is 26.0 Å². The highest BCUT2D eigenvalue weighted by Gasteiger charge is 2.13. The Kier molecular flexibility index (Phi) is 4.84. The molecule has 1 fully saturated rings. The number of hydrogen-bond donors (Lipinski definition) is 0. The van der Waals surface area contributed by atoms with Gasteiger partial charge in [-0.3, -0.25) is 4.79 Å². The third kappa shape index (κ3) is 3.85. The number of rotatable bonds is 5. The first-order chi connectivity index (χ1) is 8.65. The van der Waals surface area contributed by atoms with Crippen LogP contribution in [0.15, 0.2) is 29.2 Å². The van der Waals surface area contributed by atoms with Crippen LogP contribution in [0.2, 0.25) is 0 Å². The van der Waals surface area contributed by atoms with Crippen LogP contribution in [-0.4, -0.2) is 23.2 Å². The van der Waals surface area contributed by atoms with Crippen LogP contribution >= 0.6 is 11.9 Å². The van der Waals surface area contributed by atoms with Crippen molar-refractivity contribution in [1.82, 2.24) is 4.31 Å². The predicted octanol–water partition coefficient (Wildman–Crippen LogP) is 4.02. The fourth-order valence-electron chi connectivity index (χ4n) is 2.12. The van der Waals surface area contributed by atoms with E-state index in [0.29, 0.717) is 12.3 Å². The van der Waals surface area contributed by atoms with E-state index in [1.165, 1.54) is 30.8 Å². The number of carbonyl (C=O) groups is 1. The Balaban J connectivity index is 1.94. The summed E-state index contributed by atoms with van der Waals surface area (Å²) < 4.78 is 2.39. The number of nitrogens with zero attached hydrogens (tertiary/aromatic N) is 1. The van der Waals surface area contributed by atoms with Crippen LogP contribution in [0.5, 0.6) is 0 Å². The molecule has 0 spiro atoms. The van der Waals surface area contributed by atoms with Gasteiger partial charge in [-0.25, -0.2) is 4.31 Å². The summed E-state index contributed by atoms with van der Waals surface area (Å²) in [4.78, 5) is 13.1. The molecule has 0 unspecified atom stereocenters. The van der Waals surface area contributed by atoms with E-state index in [2.05, 4.69) is 30.3 Å². The topological polar surface area (TPSA) is 20.3 Å². The summed E-state index contributed by atoms with van der Waals surface area (Å²) in [5.74, 6) is 0.680. The molecule has 18 heavy (non-hydrogen) atoms. The van der Waals surface area contributed by atoms with Crippen molar-refractivity contribution in [3.8, 4) is 0 Å². The van der Waals surface area contributed by atoms with Gasteiger partial charge in [-0.15, -0.1) is 0 Å². The minimum Gasteiger partial charge on any atom is -0.294 e. The summed E-state index contributed by atoms with van der Waals surface area (Å²) in [6, 6.07) is 8.05. The largest absolute Gasteiger partial charge is 0.294 e. The zero-order chi connectivity index (χ0) is 13.0. The predicted molar refractivity (Wildman–Crippen MR) is 76.9 cm³/mol. The van der Waals surface area contributed by atoms with Crippen LogP contribution in [0.25, 0.3) is 0 Å². The number of benzene rings is 1. The zero-order valence-electron chi connectivity index (χ0n) is 11.2. The minimum atomic E-state index is 0.253. The Morgan fingerprint density at radius 2 is 1.83 bits per heavy atom. The van der Waals surface area contributed by atoms with Gasteiger partial charge in [0.15, 0.2) is 5.78 Å². The van der Waals surface area contributed by atoms with Gasteiger partial charge in [0, 0.05) is 30.0 Å². The van der Waals surface area contributed by atoms with E-state index in [4.69, 9.17) is 0 Å². The van der Waals surface area contributed by atoms with Crippen LogP contribution in [0.4, 0.5) is 0 Å². The van der Waals surface area contributed by atoms with Gasteiger partial charge < -0.3 is 0 Å². The normalized spacial score (nSPS) is 16.4. The lowest BCUT2D eigenvalue weighted by Gasteiger charge is -2.13. The molecule has 1 aliphatic heterocycles. The molecule has 1 aromatic carbocycles. The lowest BCUT2D eigenvalue weighted by Crippen LogP contribution is -2.08. The number of Topliss-reactive ketones (excluding diaryl/α,β-unsaturated/α-hetero) is 1. The SMILES string of the molecule is CC(C)CC(=O)c1ccc(SN2CCCC2)cc1. The van der Waals surface area contributed by atoms with Gasteiger partial charge in [0.25, 0.3) is 0 Å². The number of hydrogen-bond acceptors (Lipinski definition) is 3. The fourth-order valence-corrected chi connectivity index (χ4v) is 3.12. The molecule has 1 heterocycles. The summed E-state index contributed by atoms with van der Waals surface area (Å²) in [6.45, 7) is 6.52. The van der Waals surface area contributed by atoms with Crippen LogP contribution in [0.3, 0.4) is 0 Å². The van der Waals surface area contributed by atoms with Crippen LogP contribution < -0.4 is 0 Å². The molecular weight excluding hydrogens is 242 g/mol. The summed E-state index contributed by atoms with van der Waals surface area (Å²) in [6.07, 6.45) is 3.24. The molecule has 0 radical (unpaired) electrons. The van der Waals surface area contributed by atoms with Crippen LogP contribution in [0, 0.1) is 5.92 Å². The maximum absolute atomic E-state index is 11.9. The summed E-state index contributed by atoms with van der Waals surface area (Å²) in [5, 5.41) is 0. The van der Waals surface area contributed by atoms with Crippen LogP contribution in [0.1, 0.15) is 43.5 Å². The molecule has 0 atom stereocenters. The summed E-state index contributed by atoms with van der Waals surface area (Å²) >= 11 is 1.81. The van der Waals surface area contributed by atoms with Crippen molar-refractivity contribution in [2.45, 2.75) is 38.0 Å². The molecule has 98 valence electrons. The van der Waals surface area contributed by atoms with Crippen LogP contribution in [-0.2, 0) is 0 Å². The Morgan fingerprint density at radius 1 is 1.22 bits per heavy atom.